The number of carbonyl (C=O) groups is 2. The van der Waals surface area contributed by atoms with Crippen molar-refractivity contribution in [3.63, 3.8) is 0 Å². The van der Waals surface area contributed by atoms with E-state index in [2.05, 4.69) is 15.6 Å². The maximum absolute atomic E-state index is 12.6. The molecule has 0 aliphatic carbocycles. The van der Waals surface area contributed by atoms with Crippen LogP contribution in [-0.2, 0) is 11.3 Å². The van der Waals surface area contributed by atoms with Gasteiger partial charge in [0.15, 0.2) is 0 Å². The van der Waals surface area contributed by atoms with Crippen molar-refractivity contribution in [2.24, 2.45) is 0 Å². The molecule has 1 aromatic carbocycles. The lowest BCUT2D eigenvalue weighted by atomic mass is 10.1. The van der Waals surface area contributed by atoms with Gasteiger partial charge in [-0.1, -0.05) is 6.07 Å². The first-order valence-electron chi connectivity index (χ1n) is 8.58. The third-order valence-corrected chi connectivity index (χ3v) is 4.18. The molecule has 0 unspecified atom stereocenters. The van der Waals surface area contributed by atoms with Crippen LogP contribution in [0.4, 0.5) is 5.69 Å². The molecule has 1 aromatic heterocycles. The molecular weight excluding hydrogens is 389 g/mol. The number of anilines is 1. The summed E-state index contributed by atoms with van der Waals surface area (Å²) in [5.41, 5.74) is 1.25. The zero-order valence-electron chi connectivity index (χ0n) is 15.0. The highest BCUT2D eigenvalue weighted by atomic mass is 35.5. The minimum absolute atomic E-state index is 0. The van der Waals surface area contributed by atoms with Gasteiger partial charge < -0.3 is 20.1 Å². The SMILES string of the molecule is Cl.Cl.O=C(CCn1ccnc1)Nc1cccc(C(=O)N2CCCNCC2)c1. The summed E-state index contributed by atoms with van der Waals surface area (Å²) in [5.74, 6) is -0.0736. The topological polar surface area (TPSA) is 79.3 Å². The second-order valence-electron chi connectivity index (χ2n) is 6.08. The van der Waals surface area contributed by atoms with Crippen LogP contribution in [0, 0.1) is 0 Å². The van der Waals surface area contributed by atoms with E-state index in [4.69, 9.17) is 0 Å². The zero-order valence-corrected chi connectivity index (χ0v) is 16.6. The van der Waals surface area contributed by atoms with Gasteiger partial charge in [0.25, 0.3) is 5.91 Å². The van der Waals surface area contributed by atoms with Crippen LogP contribution < -0.4 is 10.6 Å². The van der Waals surface area contributed by atoms with Gasteiger partial charge in [0.05, 0.1) is 6.33 Å². The molecule has 7 nitrogen and oxygen atoms in total. The fourth-order valence-corrected chi connectivity index (χ4v) is 2.83. The van der Waals surface area contributed by atoms with E-state index in [0.29, 0.717) is 30.8 Å². The molecular formula is C18H25Cl2N5O2. The van der Waals surface area contributed by atoms with Crippen LogP contribution in [-0.4, -0.2) is 52.4 Å². The van der Waals surface area contributed by atoms with E-state index in [1.54, 1.807) is 36.8 Å². The molecule has 0 atom stereocenters. The summed E-state index contributed by atoms with van der Waals surface area (Å²) >= 11 is 0. The Morgan fingerprint density at radius 3 is 2.81 bits per heavy atom. The lowest BCUT2D eigenvalue weighted by Crippen LogP contribution is -2.34. The normalized spacial score (nSPS) is 13.7. The average molecular weight is 414 g/mol. The number of amides is 2. The number of hydrogen-bond acceptors (Lipinski definition) is 4. The first-order chi connectivity index (χ1) is 12.2. The van der Waals surface area contributed by atoms with Crippen LogP contribution in [0.2, 0.25) is 0 Å². The molecule has 0 saturated carbocycles. The third kappa shape index (κ3) is 6.86. The summed E-state index contributed by atoms with van der Waals surface area (Å²) in [6.45, 7) is 3.80. The molecule has 3 rings (SSSR count). The van der Waals surface area contributed by atoms with Gasteiger partial charge in [-0.05, 0) is 31.2 Å². The van der Waals surface area contributed by atoms with Crippen molar-refractivity contribution in [1.82, 2.24) is 19.8 Å². The van der Waals surface area contributed by atoms with Crippen molar-refractivity contribution >= 4 is 42.3 Å². The Bertz CT molecular complexity index is 716. The Balaban J connectivity index is 0.00000182. The van der Waals surface area contributed by atoms with Crippen molar-refractivity contribution in [3.8, 4) is 0 Å². The second kappa shape index (κ2) is 11.6. The molecule has 1 aliphatic heterocycles. The minimum atomic E-state index is -0.0859. The predicted molar refractivity (Wildman–Crippen MR) is 110 cm³/mol. The van der Waals surface area contributed by atoms with E-state index < -0.39 is 0 Å². The zero-order chi connectivity index (χ0) is 17.5. The van der Waals surface area contributed by atoms with Gasteiger partial charge in [0.1, 0.15) is 0 Å². The predicted octanol–water partition coefficient (Wildman–Crippen LogP) is 2.19. The molecule has 9 heteroatoms. The number of benzene rings is 1. The number of halogens is 2. The summed E-state index contributed by atoms with van der Waals surface area (Å²) in [5, 5.41) is 6.15. The number of nitrogens with zero attached hydrogens (tertiary/aromatic N) is 3. The summed E-state index contributed by atoms with van der Waals surface area (Å²) in [6.07, 6.45) is 6.50. The third-order valence-electron chi connectivity index (χ3n) is 4.18. The Kier molecular flexibility index (Phi) is 9.85. The van der Waals surface area contributed by atoms with Crippen molar-refractivity contribution in [3.05, 3.63) is 48.5 Å². The maximum Gasteiger partial charge on any atom is 0.253 e. The van der Waals surface area contributed by atoms with E-state index in [-0.39, 0.29) is 36.6 Å². The van der Waals surface area contributed by atoms with E-state index >= 15 is 0 Å². The molecule has 1 fully saturated rings. The Labute approximate surface area is 171 Å². The van der Waals surface area contributed by atoms with Gasteiger partial charge in [0.2, 0.25) is 5.91 Å². The van der Waals surface area contributed by atoms with Crippen LogP contribution in [0.25, 0.3) is 0 Å². The summed E-state index contributed by atoms with van der Waals surface area (Å²) in [4.78, 5) is 30.5. The van der Waals surface area contributed by atoms with Crippen molar-refractivity contribution in [1.29, 1.82) is 0 Å². The fraction of sp³-hybridized carbons (Fsp3) is 0.389. The number of rotatable bonds is 5. The van der Waals surface area contributed by atoms with E-state index in [0.717, 1.165) is 26.1 Å². The molecule has 0 bridgehead atoms. The van der Waals surface area contributed by atoms with Crippen LogP contribution in [0.5, 0.6) is 0 Å². The molecule has 2 N–H and O–H groups in total. The lowest BCUT2D eigenvalue weighted by molar-refractivity contribution is -0.116. The Hall–Kier alpha value is -2.09. The van der Waals surface area contributed by atoms with Crippen molar-refractivity contribution < 1.29 is 9.59 Å². The number of nitrogens with one attached hydrogen (secondary N) is 2. The molecule has 2 amide bonds. The van der Waals surface area contributed by atoms with Gasteiger partial charge in [-0.15, -0.1) is 24.8 Å². The van der Waals surface area contributed by atoms with E-state index in [1.165, 1.54) is 0 Å². The average Bonchev–Trinajstić information content (AvgIpc) is 3.00. The highest BCUT2D eigenvalue weighted by Crippen LogP contribution is 2.14. The lowest BCUT2D eigenvalue weighted by Gasteiger charge is -2.20. The van der Waals surface area contributed by atoms with Crippen LogP contribution in [0.15, 0.2) is 43.0 Å². The summed E-state index contributed by atoms with van der Waals surface area (Å²) in [7, 11) is 0. The number of hydrogen-bond donors (Lipinski definition) is 2. The molecule has 1 saturated heterocycles. The highest BCUT2D eigenvalue weighted by molar-refractivity contribution is 5.97. The molecule has 0 spiro atoms. The van der Waals surface area contributed by atoms with Crippen molar-refractivity contribution in [2.75, 3.05) is 31.5 Å². The number of aryl methyl sites for hydroxylation is 1. The second-order valence-corrected chi connectivity index (χ2v) is 6.08. The fourth-order valence-electron chi connectivity index (χ4n) is 2.83. The summed E-state index contributed by atoms with van der Waals surface area (Å²) in [6, 6.07) is 7.14. The number of carbonyl (C=O) groups excluding carboxylic acids is 2. The molecule has 1 aliphatic rings. The highest BCUT2D eigenvalue weighted by Gasteiger charge is 2.17. The quantitative estimate of drug-likeness (QED) is 0.786. The van der Waals surface area contributed by atoms with Gasteiger partial charge in [-0.2, -0.15) is 0 Å². The Morgan fingerprint density at radius 2 is 2.04 bits per heavy atom. The van der Waals surface area contributed by atoms with Gasteiger partial charge in [-0.3, -0.25) is 9.59 Å². The van der Waals surface area contributed by atoms with E-state index in [1.807, 2.05) is 15.7 Å². The van der Waals surface area contributed by atoms with Gasteiger partial charge in [0, 0.05) is 56.2 Å². The standard InChI is InChI=1S/C18H23N5O2.2ClH/c24-17(5-10-22-11-7-20-14-22)21-16-4-1-3-15(13-16)18(25)23-9-2-6-19-8-12-23;;/h1,3-4,7,11,13-14,19H,2,5-6,8-10,12H2,(H,21,24);2*1H. The largest absolute Gasteiger partial charge is 0.337 e. The first-order valence-corrected chi connectivity index (χ1v) is 8.58. The number of aromatic nitrogens is 2. The van der Waals surface area contributed by atoms with Crippen LogP contribution in [0.1, 0.15) is 23.2 Å². The first kappa shape index (κ1) is 23.0. The summed E-state index contributed by atoms with van der Waals surface area (Å²) < 4.78 is 1.85. The van der Waals surface area contributed by atoms with Crippen molar-refractivity contribution in [2.45, 2.75) is 19.4 Å². The molecule has 2 aromatic rings. The molecule has 0 radical (unpaired) electrons. The van der Waals surface area contributed by atoms with Crippen LogP contribution in [0.3, 0.4) is 0 Å². The molecule has 27 heavy (non-hydrogen) atoms. The maximum atomic E-state index is 12.6. The molecule has 148 valence electrons. The smallest absolute Gasteiger partial charge is 0.253 e. The molecule has 2 heterocycles. The van der Waals surface area contributed by atoms with Gasteiger partial charge >= 0.3 is 0 Å². The van der Waals surface area contributed by atoms with Crippen LogP contribution >= 0.6 is 24.8 Å². The number of imidazole rings is 1. The van der Waals surface area contributed by atoms with Gasteiger partial charge in [-0.25, -0.2) is 4.98 Å². The Morgan fingerprint density at radius 1 is 1.19 bits per heavy atom. The van der Waals surface area contributed by atoms with E-state index in [9.17, 15) is 9.59 Å². The monoisotopic (exact) mass is 413 g/mol. The minimum Gasteiger partial charge on any atom is -0.337 e.